The van der Waals surface area contributed by atoms with Crippen molar-refractivity contribution in [1.29, 1.82) is 0 Å². The first-order valence-electron chi connectivity index (χ1n) is 5.80. The quantitative estimate of drug-likeness (QED) is 0.332. The van der Waals surface area contributed by atoms with Gasteiger partial charge in [-0.25, -0.2) is 0 Å². The van der Waals surface area contributed by atoms with Crippen molar-refractivity contribution in [3.63, 3.8) is 0 Å². The van der Waals surface area contributed by atoms with Crippen molar-refractivity contribution in [3.05, 3.63) is 19.1 Å². The van der Waals surface area contributed by atoms with Crippen LogP contribution >= 0.6 is 0 Å². The summed E-state index contributed by atoms with van der Waals surface area (Å²) in [6.45, 7) is 5.87. The van der Waals surface area contributed by atoms with Crippen LogP contribution in [-0.4, -0.2) is 0 Å². The van der Waals surface area contributed by atoms with Gasteiger partial charge in [0.25, 0.3) is 0 Å². The van der Waals surface area contributed by atoms with Crippen LogP contribution in [0.3, 0.4) is 0 Å². The molecular weight excluding hydrogens is 156 g/mol. The van der Waals surface area contributed by atoms with Crippen LogP contribution < -0.4 is 0 Å². The number of unbranched alkanes of at least 4 members (excludes halogenated alkanes) is 9. The van der Waals surface area contributed by atoms with Crippen molar-refractivity contribution in [3.8, 4) is 0 Å². The minimum Gasteiger partial charge on any atom is -0.103 e. The highest BCUT2D eigenvalue weighted by atomic mass is 14.0. The summed E-state index contributed by atoms with van der Waals surface area (Å²) in [7, 11) is 0. The number of allylic oxidation sites excluding steroid dienone is 1. The van der Waals surface area contributed by atoms with E-state index in [2.05, 4.69) is 19.9 Å². The van der Waals surface area contributed by atoms with Crippen LogP contribution in [0.25, 0.3) is 0 Å². The van der Waals surface area contributed by atoms with Crippen molar-refractivity contribution in [2.45, 2.75) is 64.7 Å². The SMILES string of the molecule is C=CCCCCCCCCC[CH]C. The van der Waals surface area contributed by atoms with Crippen LogP contribution in [0, 0.1) is 6.42 Å². The molecule has 0 bridgehead atoms. The van der Waals surface area contributed by atoms with E-state index in [0.717, 1.165) is 0 Å². The Morgan fingerprint density at radius 1 is 0.769 bits per heavy atom. The summed E-state index contributed by atoms with van der Waals surface area (Å²) in [6.07, 6.45) is 16.6. The second-order valence-corrected chi connectivity index (χ2v) is 3.75. The smallest absolute Gasteiger partial charge is 0.0353 e. The van der Waals surface area contributed by atoms with E-state index in [1.54, 1.807) is 0 Å². The Hall–Kier alpha value is -0.260. The Morgan fingerprint density at radius 2 is 1.23 bits per heavy atom. The molecule has 0 aromatic heterocycles. The van der Waals surface area contributed by atoms with E-state index in [-0.39, 0.29) is 0 Å². The summed E-state index contributed by atoms with van der Waals surface area (Å²) in [5.74, 6) is 0. The number of rotatable bonds is 10. The Kier molecular flexibility index (Phi) is 11.5. The molecule has 0 atom stereocenters. The first-order valence-corrected chi connectivity index (χ1v) is 5.80. The summed E-state index contributed by atoms with van der Waals surface area (Å²) in [5, 5.41) is 0. The van der Waals surface area contributed by atoms with Crippen LogP contribution in [0.2, 0.25) is 0 Å². The predicted octanol–water partition coefficient (Wildman–Crippen LogP) is 4.91. The molecule has 0 N–H and O–H groups in total. The number of hydrogen-bond donors (Lipinski definition) is 0. The molecule has 77 valence electrons. The van der Waals surface area contributed by atoms with E-state index in [1.165, 1.54) is 57.8 Å². The Morgan fingerprint density at radius 3 is 1.69 bits per heavy atom. The topological polar surface area (TPSA) is 0 Å². The van der Waals surface area contributed by atoms with Crippen molar-refractivity contribution in [1.82, 2.24) is 0 Å². The molecule has 0 nitrogen and oxygen atoms in total. The lowest BCUT2D eigenvalue weighted by Crippen LogP contribution is -1.80. The summed E-state index contributed by atoms with van der Waals surface area (Å²) in [6, 6.07) is 0. The largest absolute Gasteiger partial charge is 0.103 e. The molecule has 0 saturated carbocycles. The predicted molar refractivity (Wildman–Crippen MR) is 61.7 cm³/mol. The molecule has 0 heteroatoms. The summed E-state index contributed by atoms with van der Waals surface area (Å²) in [5.41, 5.74) is 0. The van der Waals surface area contributed by atoms with Crippen LogP contribution in [-0.2, 0) is 0 Å². The zero-order chi connectivity index (χ0) is 9.78. The minimum atomic E-state index is 1.20. The molecule has 0 aliphatic carbocycles. The molecule has 0 rings (SSSR count). The van der Waals surface area contributed by atoms with Gasteiger partial charge in [-0.05, 0) is 19.3 Å². The van der Waals surface area contributed by atoms with E-state index < -0.39 is 0 Å². The van der Waals surface area contributed by atoms with Gasteiger partial charge in [0.15, 0.2) is 0 Å². The molecule has 0 spiro atoms. The van der Waals surface area contributed by atoms with Gasteiger partial charge < -0.3 is 0 Å². The zero-order valence-corrected chi connectivity index (χ0v) is 9.23. The van der Waals surface area contributed by atoms with Crippen molar-refractivity contribution < 1.29 is 0 Å². The molecule has 0 fully saturated rings. The molecule has 0 heterocycles. The van der Waals surface area contributed by atoms with E-state index in [9.17, 15) is 0 Å². The zero-order valence-electron chi connectivity index (χ0n) is 9.23. The Balaban J connectivity index is 2.79. The van der Waals surface area contributed by atoms with E-state index in [0.29, 0.717) is 0 Å². The Bertz CT molecular complexity index is 94.2. The number of hydrogen-bond acceptors (Lipinski definition) is 0. The molecule has 1 radical (unpaired) electrons. The third-order valence-electron chi connectivity index (χ3n) is 2.40. The van der Waals surface area contributed by atoms with Crippen LogP contribution in [0.1, 0.15) is 64.7 Å². The van der Waals surface area contributed by atoms with Gasteiger partial charge in [-0.2, -0.15) is 0 Å². The molecule has 0 unspecified atom stereocenters. The average Bonchev–Trinajstić information content (AvgIpc) is 2.16. The molecule has 0 saturated heterocycles. The highest BCUT2D eigenvalue weighted by molar-refractivity contribution is 4.65. The maximum atomic E-state index is 3.72. The first kappa shape index (κ1) is 12.7. The van der Waals surface area contributed by atoms with Gasteiger partial charge in [0.1, 0.15) is 0 Å². The average molecular weight is 181 g/mol. The van der Waals surface area contributed by atoms with E-state index in [4.69, 9.17) is 0 Å². The van der Waals surface area contributed by atoms with Gasteiger partial charge in [0.05, 0.1) is 0 Å². The third kappa shape index (κ3) is 11.7. The van der Waals surface area contributed by atoms with E-state index in [1.807, 2.05) is 6.08 Å². The summed E-state index contributed by atoms with van der Waals surface area (Å²) < 4.78 is 0. The monoisotopic (exact) mass is 181 g/mol. The van der Waals surface area contributed by atoms with Crippen LogP contribution in [0.4, 0.5) is 0 Å². The fraction of sp³-hybridized carbons (Fsp3) is 0.769. The normalized spacial score (nSPS) is 10.2. The first-order chi connectivity index (χ1) is 6.41. The minimum absolute atomic E-state index is 1.20. The fourth-order valence-electron chi connectivity index (χ4n) is 1.52. The van der Waals surface area contributed by atoms with Gasteiger partial charge >= 0.3 is 0 Å². The van der Waals surface area contributed by atoms with Crippen molar-refractivity contribution in [2.75, 3.05) is 0 Å². The third-order valence-corrected chi connectivity index (χ3v) is 2.40. The van der Waals surface area contributed by atoms with Gasteiger partial charge in [0, 0.05) is 0 Å². The highest BCUT2D eigenvalue weighted by Crippen LogP contribution is 2.10. The standard InChI is InChI=1S/C13H25/c1-3-5-7-9-11-13-12-10-8-6-4-2/h3-4H,1,5-13H2,2H3. The highest BCUT2D eigenvalue weighted by Gasteiger charge is 1.90. The second kappa shape index (κ2) is 11.7. The van der Waals surface area contributed by atoms with Gasteiger partial charge in [0.2, 0.25) is 0 Å². The molecule has 0 aliphatic heterocycles. The van der Waals surface area contributed by atoms with Crippen molar-refractivity contribution in [2.24, 2.45) is 0 Å². The molecule has 0 aromatic carbocycles. The molecular formula is C13H25. The fourth-order valence-corrected chi connectivity index (χ4v) is 1.52. The van der Waals surface area contributed by atoms with Crippen LogP contribution in [0.15, 0.2) is 12.7 Å². The summed E-state index contributed by atoms with van der Waals surface area (Å²) >= 11 is 0. The van der Waals surface area contributed by atoms with Crippen molar-refractivity contribution >= 4 is 0 Å². The molecule has 0 aromatic rings. The van der Waals surface area contributed by atoms with E-state index >= 15 is 0 Å². The lowest BCUT2D eigenvalue weighted by atomic mass is 10.1. The Labute approximate surface area is 84.4 Å². The van der Waals surface area contributed by atoms with Gasteiger partial charge in [-0.3, -0.25) is 0 Å². The lowest BCUT2D eigenvalue weighted by Gasteiger charge is -2.00. The van der Waals surface area contributed by atoms with Gasteiger partial charge in [-0.1, -0.05) is 57.9 Å². The molecule has 13 heavy (non-hydrogen) atoms. The summed E-state index contributed by atoms with van der Waals surface area (Å²) in [4.78, 5) is 0. The maximum Gasteiger partial charge on any atom is -0.0353 e. The molecule has 0 amide bonds. The second-order valence-electron chi connectivity index (χ2n) is 3.75. The molecule has 0 aliphatic rings. The lowest BCUT2D eigenvalue weighted by molar-refractivity contribution is 0.580. The maximum absolute atomic E-state index is 3.72. The van der Waals surface area contributed by atoms with Gasteiger partial charge in [-0.15, -0.1) is 6.58 Å². The van der Waals surface area contributed by atoms with Crippen LogP contribution in [0.5, 0.6) is 0 Å².